The molecule has 2 N–H and O–H groups in total. The molecule has 6 heteroatoms. The zero-order valence-corrected chi connectivity index (χ0v) is 12.2. The average Bonchev–Trinajstić information content (AvgIpc) is 2.49. The molecule has 1 fully saturated rings. The summed E-state index contributed by atoms with van der Waals surface area (Å²) in [7, 11) is 0. The molecule has 5 nitrogen and oxygen atoms in total. The van der Waals surface area contributed by atoms with Crippen LogP contribution in [0.25, 0.3) is 0 Å². The van der Waals surface area contributed by atoms with E-state index in [0.717, 1.165) is 18.7 Å². The number of rotatable bonds is 6. The molecule has 0 aromatic carbocycles. The molecule has 1 aromatic rings. The van der Waals surface area contributed by atoms with Gasteiger partial charge in [-0.05, 0) is 32.0 Å². The first-order valence-corrected chi connectivity index (χ1v) is 7.36. The Morgan fingerprint density at radius 1 is 1.45 bits per heavy atom. The van der Waals surface area contributed by atoms with Gasteiger partial charge in [0.25, 0.3) is 0 Å². The summed E-state index contributed by atoms with van der Waals surface area (Å²) in [6.45, 7) is 2.90. The number of piperidine rings is 1. The highest BCUT2D eigenvalue weighted by atomic mass is 35.5. The molecule has 1 aliphatic heterocycles. The van der Waals surface area contributed by atoms with E-state index in [1.807, 2.05) is 12.1 Å². The highest BCUT2D eigenvalue weighted by Gasteiger charge is 2.15. The Hall–Kier alpha value is -1.17. The zero-order valence-electron chi connectivity index (χ0n) is 11.5. The maximum absolute atomic E-state index is 9.90. The van der Waals surface area contributed by atoms with Crippen molar-refractivity contribution in [3.8, 4) is 0 Å². The number of nitrogens with zero attached hydrogens (tertiary/aromatic N) is 2. The summed E-state index contributed by atoms with van der Waals surface area (Å²) in [4.78, 5) is 10.3. The second kappa shape index (κ2) is 8.19. The summed E-state index contributed by atoms with van der Waals surface area (Å²) in [5.74, 6) is 0. The van der Waals surface area contributed by atoms with Gasteiger partial charge in [-0.15, -0.1) is 0 Å². The predicted molar refractivity (Wildman–Crippen MR) is 77.6 cm³/mol. The van der Waals surface area contributed by atoms with Gasteiger partial charge in [0, 0.05) is 12.6 Å². The minimum Gasteiger partial charge on any atom is -0.392 e. The van der Waals surface area contributed by atoms with Crippen molar-refractivity contribution >= 4 is 16.8 Å². The maximum atomic E-state index is 9.90. The lowest BCUT2D eigenvalue weighted by Gasteiger charge is -2.27. The van der Waals surface area contributed by atoms with Crippen molar-refractivity contribution < 1.29 is 14.9 Å². The van der Waals surface area contributed by atoms with Crippen molar-refractivity contribution in [2.75, 3.05) is 26.2 Å². The Bertz CT molecular complexity index is 422. The summed E-state index contributed by atoms with van der Waals surface area (Å²) in [5, 5.41) is 14.0. The van der Waals surface area contributed by atoms with Gasteiger partial charge >= 0.3 is 0 Å². The summed E-state index contributed by atoms with van der Waals surface area (Å²) in [6.07, 6.45) is 6.70. The Labute approximate surface area is 124 Å². The highest BCUT2D eigenvalue weighted by molar-refractivity contribution is 6.69. The number of aromatic nitrogens is 1. The first-order chi connectivity index (χ1) is 9.75. The van der Waals surface area contributed by atoms with E-state index in [1.54, 1.807) is 12.4 Å². The zero-order chi connectivity index (χ0) is 14.2. The molecule has 1 aromatic heterocycles. The standard InChI is InChI=1S/C14H20ClN3O2/c15-14(12-5-4-6-16-9-12)17-20-11-13(19)10-18-7-2-1-3-8-18/h4-6,9,13,19H,1-3,7-8,10-11H2/p+1/b17-14-. The third-order valence-corrected chi connectivity index (χ3v) is 3.56. The first-order valence-electron chi connectivity index (χ1n) is 6.98. The van der Waals surface area contributed by atoms with Crippen LogP contribution in [0.2, 0.25) is 0 Å². The molecule has 2 rings (SSSR count). The number of halogens is 1. The maximum Gasteiger partial charge on any atom is 0.181 e. The van der Waals surface area contributed by atoms with Gasteiger partial charge in [0.1, 0.15) is 12.7 Å². The van der Waals surface area contributed by atoms with Gasteiger partial charge in [0.15, 0.2) is 17.6 Å². The van der Waals surface area contributed by atoms with Gasteiger partial charge in [0.2, 0.25) is 0 Å². The van der Waals surface area contributed by atoms with E-state index in [2.05, 4.69) is 15.0 Å². The van der Waals surface area contributed by atoms with Crippen LogP contribution in [0, 0.1) is 0 Å². The fourth-order valence-corrected chi connectivity index (χ4v) is 2.41. The summed E-state index contributed by atoms with van der Waals surface area (Å²) < 4.78 is 0. The number of hydrogen-bond acceptors (Lipinski definition) is 4. The Kier molecular flexibility index (Phi) is 6.24. The minimum atomic E-state index is -0.538. The van der Waals surface area contributed by atoms with E-state index in [1.165, 1.54) is 19.3 Å². The van der Waals surface area contributed by atoms with E-state index >= 15 is 0 Å². The fraction of sp³-hybridized carbons (Fsp3) is 0.571. The molecule has 0 spiro atoms. The number of likely N-dealkylation sites (tertiary alicyclic amines) is 1. The largest absolute Gasteiger partial charge is 0.392 e. The number of nitrogens with one attached hydrogen (secondary N) is 1. The van der Waals surface area contributed by atoms with Crippen molar-refractivity contribution in [3.63, 3.8) is 0 Å². The lowest BCUT2D eigenvalue weighted by atomic mass is 10.1. The van der Waals surface area contributed by atoms with Gasteiger partial charge < -0.3 is 14.8 Å². The lowest BCUT2D eigenvalue weighted by Crippen LogP contribution is -2.38. The third kappa shape index (κ3) is 5.07. The molecule has 0 saturated carbocycles. The summed E-state index contributed by atoms with van der Waals surface area (Å²) in [6, 6.07) is 3.66. The summed E-state index contributed by atoms with van der Waals surface area (Å²) >= 11 is 5.99. The summed E-state index contributed by atoms with van der Waals surface area (Å²) in [5.41, 5.74) is 0.750. The van der Waals surface area contributed by atoms with Crippen LogP contribution < -0.4 is 4.98 Å². The molecule has 0 bridgehead atoms. The number of H-pyrrole nitrogens is 1. The van der Waals surface area contributed by atoms with E-state index < -0.39 is 6.10 Å². The highest BCUT2D eigenvalue weighted by Crippen LogP contribution is 2.09. The van der Waals surface area contributed by atoms with Gasteiger partial charge in [-0.1, -0.05) is 23.2 Å². The van der Waals surface area contributed by atoms with E-state index in [9.17, 15) is 5.11 Å². The average molecular weight is 299 g/mol. The normalized spacial score (nSPS) is 18.8. The minimum absolute atomic E-state index is 0.156. The van der Waals surface area contributed by atoms with Crippen LogP contribution in [0.4, 0.5) is 0 Å². The molecule has 1 unspecified atom stereocenters. The third-order valence-electron chi connectivity index (χ3n) is 3.27. The molecule has 0 radical (unpaired) electrons. The Morgan fingerprint density at radius 2 is 2.25 bits per heavy atom. The number of hydrogen-bond donors (Lipinski definition) is 1. The molecule has 20 heavy (non-hydrogen) atoms. The molecule has 110 valence electrons. The molecule has 1 atom stereocenters. The van der Waals surface area contributed by atoms with Gasteiger partial charge in [-0.2, -0.15) is 0 Å². The molecular formula is C14H21ClN3O2+. The van der Waals surface area contributed by atoms with Gasteiger partial charge in [-0.3, -0.25) is 0 Å². The van der Waals surface area contributed by atoms with Crippen molar-refractivity contribution in [2.45, 2.75) is 25.4 Å². The van der Waals surface area contributed by atoms with Crippen LogP contribution in [-0.2, 0) is 4.84 Å². The quantitative estimate of drug-likeness (QED) is 0.635. The predicted octanol–water partition coefficient (Wildman–Crippen LogP) is 1.26. The van der Waals surface area contributed by atoms with Crippen molar-refractivity contribution in [3.05, 3.63) is 30.1 Å². The first kappa shape index (κ1) is 15.2. The van der Waals surface area contributed by atoms with Crippen LogP contribution in [0.15, 0.2) is 29.7 Å². The van der Waals surface area contributed by atoms with E-state index in [4.69, 9.17) is 16.4 Å². The van der Waals surface area contributed by atoms with Crippen molar-refractivity contribution in [1.29, 1.82) is 0 Å². The van der Waals surface area contributed by atoms with Crippen LogP contribution in [0.3, 0.4) is 0 Å². The van der Waals surface area contributed by atoms with Gasteiger partial charge in [0.05, 0.1) is 5.56 Å². The number of aliphatic hydroxyl groups is 1. The number of pyridine rings is 1. The van der Waals surface area contributed by atoms with E-state index in [-0.39, 0.29) is 11.8 Å². The topological polar surface area (TPSA) is 59.2 Å². The second-order valence-electron chi connectivity index (χ2n) is 4.99. The number of oxime groups is 1. The van der Waals surface area contributed by atoms with Crippen LogP contribution in [-0.4, -0.2) is 47.5 Å². The molecule has 0 aliphatic carbocycles. The Balaban J connectivity index is 1.71. The number of aliphatic hydroxyl groups excluding tert-OH is 1. The SMILES string of the molecule is OC(CO/N=C(\Cl)c1ccc[nH+]c1)CN1CCCCC1. The van der Waals surface area contributed by atoms with Crippen LogP contribution >= 0.6 is 11.6 Å². The molecule has 0 amide bonds. The molecular weight excluding hydrogens is 278 g/mol. The smallest absolute Gasteiger partial charge is 0.181 e. The van der Waals surface area contributed by atoms with Crippen molar-refractivity contribution in [2.24, 2.45) is 5.16 Å². The lowest BCUT2D eigenvalue weighted by molar-refractivity contribution is -0.378. The fourth-order valence-electron chi connectivity index (χ4n) is 2.25. The van der Waals surface area contributed by atoms with Crippen molar-refractivity contribution in [1.82, 2.24) is 4.90 Å². The van der Waals surface area contributed by atoms with Crippen LogP contribution in [0.5, 0.6) is 0 Å². The molecule has 1 aliphatic rings. The molecule has 1 saturated heterocycles. The van der Waals surface area contributed by atoms with E-state index in [0.29, 0.717) is 6.54 Å². The second-order valence-corrected chi connectivity index (χ2v) is 5.34. The number of β-amino-alcohol motifs (C(OH)–C–C–N with tert-alkyl or cyclic N) is 1. The molecule has 2 heterocycles. The van der Waals surface area contributed by atoms with Gasteiger partial charge in [-0.25, -0.2) is 4.98 Å². The monoisotopic (exact) mass is 298 g/mol. The van der Waals surface area contributed by atoms with Crippen LogP contribution in [0.1, 0.15) is 24.8 Å². The Morgan fingerprint density at radius 3 is 2.95 bits per heavy atom. The number of aromatic amines is 1.